The Morgan fingerprint density at radius 2 is 2.45 bits per heavy atom. The monoisotopic (exact) mass is 158 g/mol. The minimum absolute atomic E-state index is 0.603. The Labute approximate surface area is 66.4 Å². The first-order valence-corrected chi connectivity index (χ1v) is 4.08. The molecule has 0 unspecified atom stereocenters. The van der Waals surface area contributed by atoms with Gasteiger partial charge in [0, 0.05) is 6.61 Å². The zero-order valence-electron chi connectivity index (χ0n) is 6.80. The molecule has 0 aromatic rings. The number of carboxylic acid groups (broad SMARTS) is 1. The summed E-state index contributed by atoms with van der Waals surface area (Å²) in [6.07, 6.45) is 3.07. The first-order chi connectivity index (χ1) is 5.21. The van der Waals surface area contributed by atoms with Crippen molar-refractivity contribution in [1.29, 1.82) is 0 Å². The topological polar surface area (TPSA) is 46.5 Å². The van der Waals surface area contributed by atoms with Crippen molar-refractivity contribution < 1.29 is 14.6 Å². The second kappa shape index (κ2) is 3.22. The van der Waals surface area contributed by atoms with Crippen LogP contribution in [0.4, 0.5) is 0 Å². The molecule has 0 aliphatic carbocycles. The zero-order chi connectivity index (χ0) is 8.32. The summed E-state index contributed by atoms with van der Waals surface area (Å²) in [7, 11) is 0. The average Bonchev–Trinajstić information content (AvgIpc) is 2.38. The Balaban J connectivity index is 2.62. The number of carboxylic acids is 1. The molecule has 3 heteroatoms. The van der Waals surface area contributed by atoms with Crippen LogP contribution in [-0.2, 0) is 9.53 Å². The molecule has 0 amide bonds. The zero-order valence-corrected chi connectivity index (χ0v) is 6.80. The molecule has 1 atom stereocenters. The summed E-state index contributed by atoms with van der Waals surface area (Å²) in [5, 5.41) is 8.87. The molecule has 3 nitrogen and oxygen atoms in total. The van der Waals surface area contributed by atoms with Gasteiger partial charge in [-0.2, -0.15) is 0 Å². The van der Waals surface area contributed by atoms with Gasteiger partial charge in [-0.15, -0.1) is 0 Å². The summed E-state index contributed by atoms with van der Waals surface area (Å²) in [6.45, 7) is 2.58. The molecule has 0 spiro atoms. The summed E-state index contributed by atoms with van der Waals surface area (Å²) in [4.78, 5) is 10.8. The van der Waals surface area contributed by atoms with Crippen molar-refractivity contribution in [2.75, 3.05) is 6.61 Å². The minimum Gasteiger partial charge on any atom is -0.479 e. The quantitative estimate of drug-likeness (QED) is 0.675. The van der Waals surface area contributed by atoms with Gasteiger partial charge in [0.2, 0.25) is 0 Å². The molecule has 0 bridgehead atoms. The fourth-order valence-corrected chi connectivity index (χ4v) is 1.57. The Morgan fingerprint density at radius 3 is 2.82 bits per heavy atom. The van der Waals surface area contributed by atoms with E-state index >= 15 is 0 Å². The standard InChI is InChI=1S/C8H14O3/c1-2-4-8(7(9)10)5-3-6-11-8/h2-6H2,1H3,(H,9,10)/t8-/m1/s1. The van der Waals surface area contributed by atoms with Crippen molar-refractivity contribution in [2.45, 2.75) is 38.2 Å². The van der Waals surface area contributed by atoms with Gasteiger partial charge in [0.25, 0.3) is 0 Å². The Hall–Kier alpha value is -0.570. The van der Waals surface area contributed by atoms with Crippen molar-refractivity contribution in [3.63, 3.8) is 0 Å². The van der Waals surface area contributed by atoms with Crippen LogP contribution in [0.1, 0.15) is 32.6 Å². The van der Waals surface area contributed by atoms with Crippen molar-refractivity contribution >= 4 is 5.97 Å². The van der Waals surface area contributed by atoms with Crippen LogP contribution in [0.15, 0.2) is 0 Å². The molecular formula is C8H14O3. The van der Waals surface area contributed by atoms with Crippen LogP contribution in [-0.4, -0.2) is 23.3 Å². The van der Waals surface area contributed by atoms with Gasteiger partial charge in [-0.05, 0) is 19.3 Å². The Kier molecular flexibility index (Phi) is 2.49. The van der Waals surface area contributed by atoms with Gasteiger partial charge in [-0.1, -0.05) is 13.3 Å². The molecule has 64 valence electrons. The van der Waals surface area contributed by atoms with Gasteiger partial charge < -0.3 is 9.84 Å². The fraction of sp³-hybridized carbons (Fsp3) is 0.875. The van der Waals surface area contributed by atoms with E-state index in [1.165, 1.54) is 0 Å². The normalized spacial score (nSPS) is 30.6. The van der Waals surface area contributed by atoms with Crippen LogP contribution < -0.4 is 0 Å². The van der Waals surface area contributed by atoms with Crippen LogP contribution in [0, 0.1) is 0 Å². The highest BCUT2D eigenvalue weighted by Gasteiger charge is 2.41. The Morgan fingerprint density at radius 1 is 1.73 bits per heavy atom. The van der Waals surface area contributed by atoms with Crippen molar-refractivity contribution in [3.05, 3.63) is 0 Å². The summed E-state index contributed by atoms with van der Waals surface area (Å²) < 4.78 is 5.24. The van der Waals surface area contributed by atoms with Crippen LogP contribution >= 0.6 is 0 Å². The van der Waals surface area contributed by atoms with E-state index in [4.69, 9.17) is 9.84 Å². The number of hydrogen-bond acceptors (Lipinski definition) is 2. The van der Waals surface area contributed by atoms with Crippen LogP contribution in [0.3, 0.4) is 0 Å². The lowest BCUT2D eigenvalue weighted by molar-refractivity contribution is -0.160. The molecule has 1 aliphatic rings. The molecule has 1 N–H and O–H groups in total. The molecule has 1 aliphatic heterocycles. The third-order valence-corrected chi connectivity index (χ3v) is 2.15. The molecular weight excluding hydrogens is 144 g/mol. The average molecular weight is 158 g/mol. The van der Waals surface area contributed by atoms with Crippen LogP contribution in [0.25, 0.3) is 0 Å². The van der Waals surface area contributed by atoms with E-state index in [1.54, 1.807) is 0 Å². The molecule has 1 heterocycles. The highest BCUT2D eigenvalue weighted by atomic mass is 16.5. The summed E-state index contributed by atoms with van der Waals surface area (Å²) in [6, 6.07) is 0. The number of carbonyl (C=O) groups is 1. The smallest absolute Gasteiger partial charge is 0.335 e. The third kappa shape index (κ3) is 1.53. The molecule has 1 rings (SSSR count). The molecule has 1 fully saturated rings. The largest absolute Gasteiger partial charge is 0.479 e. The lowest BCUT2D eigenvalue weighted by Gasteiger charge is -2.21. The van der Waals surface area contributed by atoms with E-state index in [-0.39, 0.29) is 0 Å². The maximum atomic E-state index is 10.8. The Bertz CT molecular complexity index is 147. The molecule has 0 aromatic carbocycles. The predicted molar refractivity (Wildman–Crippen MR) is 40.5 cm³/mol. The second-order valence-electron chi connectivity index (χ2n) is 3.00. The predicted octanol–water partition coefficient (Wildman–Crippen LogP) is 1.42. The number of ether oxygens (including phenoxy) is 1. The summed E-state index contributed by atoms with van der Waals surface area (Å²) in [5.74, 6) is -0.795. The van der Waals surface area contributed by atoms with Gasteiger partial charge in [0.15, 0.2) is 5.60 Å². The van der Waals surface area contributed by atoms with E-state index < -0.39 is 11.6 Å². The lowest BCUT2D eigenvalue weighted by atomic mass is 9.95. The van der Waals surface area contributed by atoms with Crippen molar-refractivity contribution in [2.24, 2.45) is 0 Å². The maximum Gasteiger partial charge on any atom is 0.335 e. The summed E-state index contributed by atoms with van der Waals surface area (Å²) >= 11 is 0. The van der Waals surface area contributed by atoms with Crippen LogP contribution in [0.2, 0.25) is 0 Å². The van der Waals surface area contributed by atoms with Gasteiger partial charge in [0.1, 0.15) is 0 Å². The third-order valence-electron chi connectivity index (χ3n) is 2.15. The van der Waals surface area contributed by atoms with Crippen LogP contribution in [0.5, 0.6) is 0 Å². The molecule has 0 saturated carbocycles. The molecule has 11 heavy (non-hydrogen) atoms. The highest BCUT2D eigenvalue weighted by molar-refractivity contribution is 5.77. The molecule has 0 aromatic heterocycles. The first-order valence-electron chi connectivity index (χ1n) is 4.08. The van der Waals surface area contributed by atoms with E-state index in [9.17, 15) is 4.79 Å². The SMILES string of the molecule is CCC[C@]1(C(=O)O)CCCO1. The van der Waals surface area contributed by atoms with E-state index in [1.807, 2.05) is 6.92 Å². The van der Waals surface area contributed by atoms with Crippen molar-refractivity contribution in [1.82, 2.24) is 0 Å². The minimum atomic E-state index is -0.839. The van der Waals surface area contributed by atoms with Gasteiger partial charge >= 0.3 is 5.97 Å². The number of aliphatic carboxylic acids is 1. The summed E-state index contributed by atoms with van der Waals surface area (Å²) in [5.41, 5.74) is -0.839. The second-order valence-corrected chi connectivity index (χ2v) is 3.00. The van der Waals surface area contributed by atoms with Gasteiger partial charge in [0.05, 0.1) is 0 Å². The maximum absolute atomic E-state index is 10.8. The fourth-order valence-electron chi connectivity index (χ4n) is 1.57. The lowest BCUT2D eigenvalue weighted by Crippen LogP contribution is -2.37. The number of rotatable bonds is 3. The molecule has 0 radical (unpaired) electrons. The van der Waals surface area contributed by atoms with Gasteiger partial charge in [-0.3, -0.25) is 0 Å². The molecule has 1 saturated heterocycles. The first kappa shape index (κ1) is 8.53. The van der Waals surface area contributed by atoms with E-state index in [2.05, 4.69) is 0 Å². The van der Waals surface area contributed by atoms with Crippen molar-refractivity contribution in [3.8, 4) is 0 Å². The number of hydrogen-bond donors (Lipinski definition) is 1. The van der Waals surface area contributed by atoms with E-state index in [0.29, 0.717) is 19.4 Å². The highest BCUT2D eigenvalue weighted by Crippen LogP contribution is 2.30. The van der Waals surface area contributed by atoms with Gasteiger partial charge in [-0.25, -0.2) is 4.79 Å². The van der Waals surface area contributed by atoms with E-state index in [0.717, 1.165) is 12.8 Å².